The van der Waals surface area contributed by atoms with Crippen LogP contribution in [0.15, 0.2) is 23.8 Å². The molecule has 0 heterocycles. The summed E-state index contributed by atoms with van der Waals surface area (Å²) < 4.78 is 0. The summed E-state index contributed by atoms with van der Waals surface area (Å²) in [7, 11) is 0. The number of hydrogen-bond donors (Lipinski definition) is 1. The molecule has 0 aromatic heterocycles. The van der Waals surface area contributed by atoms with E-state index in [0.717, 1.165) is 12.3 Å². The van der Waals surface area contributed by atoms with Crippen molar-refractivity contribution >= 4 is 0 Å². The smallest absolute Gasteiger partial charge is 0.0746 e. The minimum Gasteiger partial charge on any atom is -0.389 e. The van der Waals surface area contributed by atoms with Gasteiger partial charge in [-0.25, -0.2) is 0 Å². The van der Waals surface area contributed by atoms with Gasteiger partial charge >= 0.3 is 0 Å². The number of allylic oxidation sites excluding steroid dienone is 3. The lowest BCUT2D eigenvalue weighted by Gasteiger charge is -2.38. The summed E-state index contributed by atoms with van der Waals surface area (Å²) in [5.74, 6) is 1.77. The molecule has 0 radical (unpaired) electrons. The first-order valence-electron chi connectivity index (χ1n) is 6.46. The van der Waals surface area contributed by atoms with Gasteiger partial charge in [0.25, 0.3) is 0 Å². The van der Waals surface area contributed by atoms with Crippen LogP contribution in [0, 0.1) is 23.2 Å². The Hall–Kier alpha value is -0.560. The Morgan fingerprint density at radius 2 is 2.00 bits per heavy atom. The Labute approximate surface area is 99.3 Å². The summed E-state index contributed by atoms with van der Waals surface area (Å²) in [5, 5.41) is 9.72. The fraction of sp³-hybridized carbons (Fsp3) is 0.733. The number of aliphatic hydroxyl groups is 1. The Morgan fingerprint density at radius 3 is 2.50 bits per heavy atom. The van der Waals surface area contributed by atoms with Crippen LogP contribution in [0.4, 0.5) is 0 Å². The van der Waals surface area contributed by atoms with E-state index in [1.54, 1.807) is 0 Å². The number of rotatable bonds is 1. The van der Waals surface area contributed by atoms with Gasteiger partial charge in [-0.1, -0.05) is 44.6 Å². The van der Waals surface area contributed by atoms with E-state index in [1.807, 2.05) is 6.08 Å². The van der Waals surface area contributed by atoms with Crippen molar-refractivity contribution in [2.24, 2.45) is 23.2 Å². The molecule has 0 aromatic rings. The monoisotopic (exact) mass is 220 g/mol. The number of hydrogen-bond acceptors (Lipinski definition) is 1. The van der Waals surface area contributed by atoms with Crippen molar-refractivity contribution in [1.82, 2.24) is 0 Å². The van der Waals surface area contributed by atoms with Gasteiger partial charge in [0.2, 0.25) is 0 Å². The third-order valence-corrected chi connectivity index (χ3v) is 4.92. The van der Waals surface area contributed by atoms with E-state index in [-0.39, 0.29) is 6.10 Å². The van der Waals surface area contributed by atoms with Gasteiger partial charge in [0.15, 0.2) is 0 Å². The highest BCUT2D eigenvalue weighted by atomic mass is 16.3. The second kappa shape index (κ2) is 4.03. The molecule has 0 aromatic carbocycles. The van der Waals surface area contributed by atoms with Gasteiger partial charge in [0.05, 0.1) is 6.10 Å². The Bertz CT molecular complexity index is 324. The molecule has 1 heteroatoms. The van der Waals surface area contributed by atoms with Gasteiger partial charge in [0, 0.05) is 0 Å². The first kappa shape index (κ1) is 11.9. The van der Waals surface area contributed by atoms with Crippen LogP contribution in [0.3, 0.4) is 0 Å². The maximum Gasteiger partial charge on any atom is 0.0746 e. The van der Waals surface area contributed by atoms with Crippen molar-refractivity contribution in [3.05, 3.63) is 23.8 Å². The minimum absolute atomic E-state index is 0.227. The van der Waals surface area contributed by atoms with Gasteiger partial charge in [-0.05, 0) is 42.9 Å². The topological polar surface area (TPSA) is 20.2 Å². The second-order valence-electron chi connectivity index (χ2n) is 6.20. The lowest BCUT2D eigenvalue weighted by molar-refractivity contribution is 0.112. The van der Waals surface area contributed by atoms with Crippen LogP contribution in [0.25, 0.3) is 0 Å². The molecule has 2 aliphatic rings. The fourth-order valence-corrected chi connectivity index (χ4v) is 3.26. The van der Waals surface area contributed by atoms with Crippen molar-refractivity contribution in [3.8, 4) is 0 Å². The average molecular weight is 220 g/mol. The van der Waals surface area contributed by atoms with Gasteiger partial charge in [-0.2, -0.15) is 0 Å². The largest absolute Gasteiger partial charge is 0.389 e. The Kier molecular flexibility index (Phi) is 3.00. The van der Waals surface area contributed by atoms with E-state index >= 15 is 0 Å². The Balaban J connectivity index is 2.14. The maximum absolute atomic E-state index is 9.72. The third-order valence-electron chi connectivity index (χ3n) is 4.92. The molecule has 0 bridgehead atoms. The maximum atomic E-state index is 9.72. The molecular formula is C15H24O. The highest BCUT2D eigenvalue weighted by Crippen LogP contribution is 2.49. The van der Waals surface area contributed by atoms with Gasteiger partial charge in [-0.15, -0.1) is 0 Å². The molecule has 0 aliphatic heterocycles. The van der Waals surface area contributed by atoms with Crippen LogP contribution in [-0.2, 0) is 0 Å². The standard InChI is InChI=1S/C15H24O/c1-10-9-12(6-8-14(10)16)13-7-5-11(2)15(13,3)4/h5-6,8,10,12-14,16H,7,9H2,1-4H3/t10-,12+,13-,14-/m0/s1. The van der Waals surface area contributed by atoms with Crippen LogP contribution in [0.1, 0.15) is 40.5 Å². The number of aliphatic hydroxyl groups excluding tert-OH is 1. The normalized spacial score (nSPS) is 42.2. The van der Waals surface area contributed by atoms with Crippen molar-refractivity contribution in [2.75, 3.05) is 0 Å². The minimum atomic E-state index is -0.227. The zero-order valence-corrected chi connectivity index (χ0v) is 10.9. The van der Waals surface area contributed by atoms with Crippen molar-refractivity contribution in [2.45, 2.75) is 46.6 Å². The molecule has 16 heavy (non-hydrogen) atoms. The predicted octanol–water partition coefficient (Wildman–Crippen LogP) is 3.55. The fourth-order valence-electron chi connectivity index (χ4n) is 3.26. The quantitative estimate of drug-likeness (QED) is 0.670. The van der Waals surface area contributed by atoms with E-state index in [2.05, 4.69) is 39.8 Å². The highest BCUT2D eigenvalue weighted by molar-refractivity contribution is 5.21. The lowest BCUT2D eigenvalue weighted by Crippen LogP contribution is -2.32. The first-order valence-corrected chi connectivity index (χ1v) is 6.46. The van der Waals surface area contributed by atoms with Crippen molar-refractivity contribution in [3.63, 3.8) is 0 Å². The summed E-state index contributed by atoms with van der Waals surface area (Å²) in [6.45, 7) is 9.13. The molecule has 0 saturated carbocycles. The van der Waals surface area contributed by atoms with Gasteiger partial charge < -0.3 is 5.11 Å². The van der Waals surface area contributed by atoms with Gasteiger partial charge in [-0.3, -0.25) is 0 Å². The molecule has 0 amide bonds. The van der Waals surface area contributed by atoms with Crippen LogP contribution in [0.2, 0.25) is 0 Å². The molecule has 1 N–H and O–H groups in total. The van der Waals surface area contributed by atoms with Crippen molar-refractivity contribution < 1.29 is 5.11 Å². The molecule has 4 atom stereocenters. The van der Waals surface area contributed by atoms with E-state index in [1.165, 1.54) is 12.0 Å². The SMILES string of the molecule is CC1=CC[C@@H]([C@@H]2C=C[C@H](O)[C@@H](C)C2)C1(C)C. The molecule has 90 valence electrons. The predicted molar refractivity (Wildman–Crippen MR) is 68.1 cm³/mol. The van der Waals surface area contributed by atoms with Crippen LogP contribution < -0.4 is 0 Å². The van der Waals surface area contributed by atoms with Crippen LogP contribution in [-0.4, -0.2) is 11.2 Å². The van der Waals surface area contributed by atoms with Crippen molar-refractivity contribution in [1.29, 1.82) is 0 Å². The second-order valence-corrected chi connectivity index (χ2v) is 6.20. The average Bonchev–Trinajstić information content (AvgIpc) is 2.47. The van der Waals surface area contributed by atoms with Crippen LogP contribution in [0.5, 0.6) is 0 Å². The van der Waals surface area contributed by atoms with E-state index in [4.69, 9.17) is 0 Å². The summed E-state index contributed by atoms with van der Waals surface area (Å²) in [5.41, 5.74) is 1.86. The van der Waals surface area contributed by atoms with E-state index in [0.29, 0.717) is 17.3 Å². The summed E-state index contributed by atoms with van der Waals surface area (Å²) in [6, 6.07) is 0. The molecule has 0 fully saturated rings. The van der Waals surface area contributed by atoms with Crippen LogP contribution >= 0.6 is 0 Å². The Morgan fingerprint density at radius 1 is 1.31 bits per heavy atom. The molecule has 1 nitrogen and oxygen atoms in total. The molecule has 2 rings (SSSR count). The zero-order valence-electron chi connectivity index (χ0n) is 10.9. The first-order chi connectivity index (χ1) is 7.43. The summed E-state index contributed by atoms with van der Waals surface area (Å²) in [6.07, 6.45) is 8.76. The van der Waals surface area contributed by atoms with Gasteiger partial charge in [0.1, 0.15) is 0 Å². The molecule has 0 spiro atoms. The molecule has 0 saturated heterocycles. The zero-order chi connectivity index (χ0) is 11.9. The van der Waals surface area contributed by atoms with E-state index in [9.17, 15) is 5.11 Å². The molecule has 0 unspecified atom stereocenters. The summed E-state index contributed by atoms with van der Waals surface area (Å²) in [4.78, 5) is 0. The van der Waals surface area contributed by atoms with E-state index < -0.39 is 0 Å². The summed E-state index contributed by atoms with van der Waals surface area (Å²) >= 11 is 0. The lowest BCUT2D eigenvalue weighted by atomic mass is 9.67. The third kappa shape index (κ3) is 1.86. The highest BCUT2D eigenvalue weighted by Gasteiger charge is 2.40. The molecular weight excluding hydrogens is 196 g/mol. The molecule has 2 aliphatic carbocycles.